The van der Waals surface area contributed by atoms with Crippen LogP contribution in [0, 0.1) is 0 Å². The molecule has 0 heterocycles. The molecular weight excluding hydrogens is 208 g/mol. The van der Waals surface area contributed by atoms with Crippen molar-refractivity contribution in [3.05, 3.63) is 48.0 Å². The van der Waals surface area contributed by atoms with Crippen LogP contribution >= 0.6 is 0 Å². The molecule has 0 aliphatic carbocycles. The van der Waals surface area contributed by atoms with E-state index in [0.717, 1.165) is 10.8 Å². The number of fused-ring (bicyclic) bond motifs is 1. The zero-order chi connectivity index (χ0) is 12.0. The van der Waals surface area contributed by atoms with Gasteiger partial charge in [0, 0.05) is 0 Å². The van der Waals surface area contributed by atoms with Gasteiger partial charge >= 0.3 is 5.97 Å². The van der Waals surface area contributed by atoms with E-state index in [4.69, 9.17) is 15.0 Å². The Morgan fingerprint density at radius 1 is 1.06 bits per heavy atom. The molecule has 82 valence electrons. The SMILES string of the molecule is O=C(O)c1cccc2ccccc12.O=CO. The van der Waals surface area contributed by atoms with Gasteiger partial charge in [0.25, 0.3) is 6.47 Å². The van der Waals surface area contributed by atoms with E-state index in [-0.39, 0.29) is 6.47 Å². The summed E-state index contributed by atoms with van der Waals surface area (Å²) in [7, 11) is 0. The van der Waals surface area contributed by atoms with Gasteiger partial charge in [-0.15, -0.1) is 0 Å². The second-order valence-electron chi connectivity index (χ2n) is 2.94. The molecule has 0 aliphatic rings. The summed E-state index contributed by atoms with van der Waals surface area (Å²) in [4.78, 5) is 19.2. The largest absolute Gasteiger partial charge is 0.483 e. The molecule has 0 saturated heterocycles. The molecule has 0 radical (unpaired) electrons. The number of carboxylic acids is 1. The maximum Gasteiger partial charge on any atom is 0.336 e. The molecular formula is C12H10O4. The van der Waals surface area contributed by atoms with Crippen molar-refractivity contribution in [3.63, 3.8) is 0 Å². The smallest absolute Gasteiger partial charge is 0.336 e. The number of hydrogen-bond acceptors (Lipinski definition) is 2. The molecule has 2 N–H and O–H groups in total. The highest BCUT2D eigenvalue weighted by molar-refractivity contribution is 6.03. The second kappa shape index (κ2) is 5.50. The van der Waals surface area contributed by atoms with E-state index >= 15 is 0 Å². The first-order valence-electron chi connectivity index (χ1n) is 4.49. The zero-order valence-electron chi connectivity index (χ0n) is 8.33. The first-order valence-corrected chi connectivity index (χ1v) is 4.49. The van der Waals surface area contributed by atoms with E-state index in [9.17, 15) is 4.79 Å². The molecule has 2 rings (SSSR count). The molecule has 0 spiro atoms. The number of aromatic carboxylic acids is 1. The van der Waals surface area contributed by atoms with E-state index in [1.165, 1.54) is 0 Å². The highest BCUT2D eigenvalue weighted by atomic mass is 16.4. The van der Waals surface area contributed by atoms with Gasteiger partial charge in [0.05, 0.1) is 5.56 Å². The predicted octanol–water partition coefficient (Wildman–Crippen LogP) is 2.24. The van der Waals surface area contributed by atoms with Gasteiger partial charge in [0.15, 0.2) is 0 Å². The maximum absolute atomic E-state index is 10.8. The molecule has 0 atom stereocenters. The molecule has 0 bridgehead atoms. The van der Waals surface area contributed by atoms with Crippen LogP contribution in [-0.4, -0.2) is 22.7 Å². The normalized spacial score (nSPS) is 9.00. The minimum absolute atomic E-state index is 0.250. The van der Waals surface area contributed by atoms with Crippen LogP contribution in [-0.2, 0) is 4.79 Å². The van der Waals surface area contributed by atoms with Gasteiger partial charge in [-0.3, -0.25) is 4.79 Å². The van der Waals surface area contributed by atoms with E-state index < -0.39 is 5.97 Å². The quantitative estimate of drug-likeness (QED) is 0.720. The summed E-state index contributed by atoms with van der Waals surface area (Å²) in [6.45, 7) is -0.250. The standard InChI is InChI=1S/C11H8O2.CH2O2/c12-11(13)10-7-3-5-8-4-1-2-6-9(8)10;2-1-3/h1-7H,(H,12,13);1H,(H,2,3). The molecule has 0 amide bonds. The molecule has 4 heteroatoms. The first kappa shape index (κ1) is 11.7. The Morgan fingerprint density at radius 2 is 1.62 bits per heavy atom. The summed E-state index contributed by atoms with van der Waals surface area (Å²) in [6, 6.07) is 12.7. The van der Waals surface area contributed by atoms with E-state index in [2.05, 4.69) is 0 Å². The first-order chi connectivity index (χ1) is 7.70. The number of carboxylic acid groups (broad SMARTS) is 2. The minimum atomic E-state index is -0.878. The minimum Gasteiger partial charge on any atom is -0.483 e. The van der Waals surface area contributed by atoms with Gasteiger partial charge in [-0.05, 0) is 16.8 Å². The average molecular weight is 218 g/mol. The summed E-state index contributed by atoms with van der Waals surface area (Å²) in [5.41, 5.74) is 0.359. The fraction of sp³-hybridized carbons (Fsp3) is 0. The van der Waals surface area contributed by atoms with E-state index in [0.29, 0.717) is 5.56 Å². The number of benzene rings is 2. The van der Waals surface area contributed by atoms with Crippen molar-refractivity contribution in [1.82, 2.24) is 0 Å². The lowest BCUT2D eigenvalue weighted by Crippen LogP contribution is -1.96. The summed E-state index contributed by atoms with van der Waals surface area (Å²) in [5.74, 6) is -0.878. The summed E-state index contributed by atoms with van der Waals surface area (Å²) < 4.78 is 0. The van der Waals surface area contributed by atoms with Gasteiger partial charge in [0.2, 0.25) is 0 Å². The molecule has 2 aromatic carbocycles. The van der Waals surface area contributed by atoms with Crippen molar-refractivity contribution in [2.24, 2.45) is 0 Å². The van der Waals surface area contributed by atoms with Crippen molar-refractivity contribution in [2.45, 2.75) is 0 Å². The number of hydrogen-bond donors (Lipinski definition) is 2. The number of rotatable bonds is 1. The van der Waals surface area contributed by atoms with Gasteiger partial charge in [-0.1, -0.05) is 36.4 Å². The second-order valence-corrected chi connectivity index (χ2v) is 2.94. The third kappa shape index (κ3) is 2.57. The Labute approximate surface area is 91.8 Å². The number of carbonyl (C=O) groups is 2. The summed E-state index contributed by atoms with van der Waals surface area (Å²) >= 11 is 0. The molecule has 4 nitrogen and oxygen atoms in total. The van der Waals surface area contributed by atoms with Crippen molar-refractivity contribution in [2.75, 3.05) is 0 Å². The summed E-state index contributed by atoms with van der Waals surface area (Å²) in [6.07, 6.45) is 0. The van der Waals surface area contributed by atoms with Gasteiger partial charge in [-0.25, -0.2) is 4.79 Å². The highest BCUT2D eigenvalue weighted by Crippen LogP contribution is 2.17. The van der Waals surface area contributed by atoms with Gasteiger partial charge in [-0.2, -0.15) is 0 Å². The van der Waals surface area contributed by atoms with Crippen LogP contribution in [0.1, 0.15) is 10.4 Å². The topological polar surface area (TPSA) is 74.6 Å². The van der Waals surface area contributed by atoms with Crippen LogP contribution in [0.2, 0.25) is 0 Å². The third-order valence-electron chi connectivity index (χ3n) is 2.02. The Kier molecular flexibility index (Phi) is 4.03. The van der Waals surface area contributed by atoms with Crippen LogP contribution < -0.4 is 0 Å². The lowest BCUT2D eigenvalue weighted by atomic mass is 10.1. The Hall–Kier alpha value is -2.36. The zero-order valence-corrected chi connectivity index (χ0v) is 8.33. The molecule has 0 aliphatic heterocycles. The average Bonchev–Trinajstić information content (AvgIpc) is 2.29. The Bertz CT molecular complexity index is 500. The molecule has 0 fully saturated rings. The lowest BCUT2D eigenvalue weighted by Gasteiger charge is -2.00. The van der Waals surface area contributed by atoms with Crippen LogP contribution in [0.25, 0.3) is 10.8 Å². The van der Waals surface area contributed by atoms with Crippen molar-refractivity contribution < 1.29 is 19.8 Å². The fourth-order valence-corrected chi connectivity index (χ4v) is 1.41. The maximum atomic E-state index is 10.8. The summed E-state index contributed by atoms with van der Waals surface area (Å²) in [5, 5.41) is 17.5. The van der Waals surface area contributed by atoms with Crippen LogP contribution in [0.5, 0.6) is 0 Å². The molecule has 0 saturated carbocycles. The monoisotopic (exact) mass is 218 g/mol. The van der Waals surface area contributed by atoms with Crippen LogP contribution in [0.4, 0.5) is 0 Å². The van der Waals surface area contributed by atoms with Gasteiger partial charge < -0.3 is 10.2 Å². The third-order valence-corrected chi connectivity index (χ3v) is 2.02. The molecule has 0 aromatic heterocycles. The van der Waals surface area contributed by atoms with Crippen molar-refractivity contribution >= 4 is 23.2 Å². The Morgan fingerprint density at radius 3 is 2.25 bits per heavy atom. The van der Waals surface area contributed by atoms with Crippen molar-refractivity contribution in [1.29, 1.82) is 0 Å². The van der Waals surface area contributed by atoms with Crippen LogP contribution in [0.15, 0.2) is 42.5 Å². The Balaban J connectivity index is 0.000000386. The highest BCUT2D eigenvalue weighted by Gasteiger charge is 2.05. The lowest BCUT2D eigenvalue weighted by molar-refractivity contribution is -0.122. The van der Waals surface area contributed by atoms with Gasteiger partial charge in [0.1, 0.15) is 0 Å². The molecule has 16 heavy (non-hydrogen) atoms. The van der Waals surface area contributed by atoms with Crippen molar-refractivity contribution in [3.8, 4) is 0 Å². The molecule has 2 aromatic rings. The van der Waals surface area contributed by atoms with E-state index in [1.807, 2.05) is 30.3 Å². The van der Waals surface area contributed by atoms with E-state index in [1.54, 1.807) is 12.1 Å². The predicted molar refractivity (Wildman–Crippen MR) is 59.6 cm³/mol. The molecule has 0 unspecified atom stereocenters. The fourth-order valence-electron chi connectivity index (χ4n) is 1.41. The van der Waals surface area contributed by atoms with Crippen LogP contribution in [0.3, 0.4) is 0 Å².